The molecule has 0 saturated heterocycles. The van der Waals surface area contributed by atoms with Gasteiger partial charge in [-0.25, -0.2) is 0 Å². The lowest BCUT2D eigenvalue weighted by atomic mass is 9.78. The zero-order valence-corrected chi connectivity index (χ0v) is 19.2. The first-order valence-corrected chi connectivity index (χ1v) is 11.5. The van der Waals surface area contributed by atoms with Crippen LogP contribution in [0.15, 0.2) is 12.1 Å². The molecule has 3 nitrogen and oxygen atoms in total. The third-order valence-corrected chi connectivity index (χ3v) is 6.30. The third-order valence-electron chi connectivity index (χ3n) is 6.30. The molecule has 0 heterocycles. The number of hydrogen-bond donors (Lipinski definition) is 1. The predicted octanol–water partition coefficient (Wildman–Crippen LogP) is 7.71. The summed E-state index contributed by atoms with van der Waals surface area (Å²) in [6.45, 7) is 9.20. The molecular weight excluding hydrogens is 348 g/mol. The maximum Gasteiger partial charge on any atom is 0.200 e. The van der Waals surface area contributed by atoms with Gasteiger partial charge in [-0.05, 0) is 48.3 Å². The fraction of sp³-hybridized carbons (Fsp3) is 0.760. The molecular formula is C25H44O3. The van der Waals surface area contributed by atoms with E-state index in [0.717, 1.165) is 11.8 Å². The molecule has 28 heavy (non-hydrogen) atoms. The van der Waals surface area contributed by atoms with Gasteiger partial charge in [-0.3, -0.25) is 0 Å². The minimum absolute atomic E-state index is 0.101. The lowest BCUT2D eigenvalue weighted by molar-refractivity contribution is 0.316. The van der Waals surface area contributed by atoms with Gasteiger partial charge in [0.25, 0.3) is 0 Å². The summed E-state index contributed by atoms with van der Waals surface area (Å²) in [5, 5.41) is 10.3. The Balaban J connectivity index is 3.17. The van der Waals surface area contributed by atoms with Gasteiger partial charge < -0.3 is 14.6 Å². The Hall–Kier alpha value is -1.38. The maximum absolute atomic E-state index is 10.3. The summed E-state index contributed by atoms with van der Waals surface area (Å²) in [6, 6.07) is 4.06. The van der Waals surface area contributed by atoms with E-state index in [9.17, 15) is 5.11 Å². The second kappa shape index (κ2) is 13.7. The van der Waals surface area contributed by atoms with Crippen LogP contribution in [0.25, 0.3) is 0 Å². The Kier molecular flexibility index (Phi) is 12.1. The summed E-state index contributed by atoms with van der Waals surface area (Å²) in [4.78, 5) is 0. The van der Waals surface area contributed by atoms with Crippen LogP contribution in [0.1, 0.15) is 103 Å². The number of benzene rings is 1. The molecule has 0 aliphatic heterocycles. The van der Waals surface area contributed by atoms with Crippen LogP contribution < -0.4 is 9.47 Å². The van der Waals surface area contributed by atoms with Crippen molar-refractivity contribution in [2.45, 2.75) is 97.8 Å². The van der Waals surface area contributed by atoms with Crippen LogP contribution in [0, 0.1) is 11.8 Å². The van der Waals surface area contributed by atoms with Gasteiger partial charge in [-0.1, -0.05) is 79.1 Å². The molecule has 1 rings (SSSR count). The monoisotopic (exact) mass is 392 g/mol. The zero-order valence-electron chi connectivity index (χ0n) is 19.2. The number of unbranched alkanes of at least 4 members (excludes halogenated alkanes) is 2. The number of rotatable bonds is 15. The molecule has 0 radical (unpaired) electrons. The summed E-state index contributed by atoms with van der Waals surface area (Å²) >= 11 is 0. The van der Waals surface area contributed by atoms with E-state index in [1.807, 2.05) is 12.1 Å². The van der Waals surface area contributed by atoms with Crippen LogP contribution in [-0.4, -0.2) is 19.3 Å². The summed E-state index contributed by atoms with van der Waals surface area (Å²) < 4.78 is 10.9. The largest absolute Gasteiger partial charge is 0.502 e. The van der Waals surface area contributed by atoms with Crippen molar-refractivity contribution in [3.05, 3.63) is 17.7 Å². The van der Waals surface area contributed by atoms with Crippen LogP contribution in [0.3, 0.4) is 0 Å². The molecule has 1 aromatic rings. The highest BCUT2D eigenvalue weighted by Gasteiger charge is 2.23. The summed E-state index contributed by atoms with van der Waals surface area (Å²) in [5.74, 6) is 3.11. The molecule has 0 amide bonds. The van der Waals surface area contributed by atoms with E-state index in [1.165, 1.54) is 69.8 Å². The standard InChI is InChI=1S/C25H44O3/c1-7-11-13-19(9-3)15-21(16-20(10-4)14-12-8-2)22-17-23(27-5)25(26)24(18-22)28-6/h17-21,26H,7-16H2,1-6H3. The van der Waals surface area contributed by atoms with Gasteiger partial charge in [0.2, 0.25) is 5.75 Å². The fourth-order valence-electron chi connectivity index (χ4n) is 4.29. The van der Waals surface area contributed by atoms with Crippen LogP contribution in [0.2, 0.25) is 0 Å². The number of hydrogen-bond acceptors (Lipinski definition) is 3. The van der Waals surface area contributed by atoms with Crippen molar-refractivity contribution >= 4 is 0 Å². The Bertz CT molecular complexity index is 498. The van der Waals surface area contributed by atoms with E-state index in [2.05, 4.69) is 27.7 Å². The smallest absolute Gasteiger partial charge is 0.200 e. The lowest BCUT2D eigenvalue weighted by Crippen LogP contribution is -2.13. The minimum Gasteiger partial charge on any atom is -0.502 e. The lowest BCUT2D eigenvalue weighted by Gasteiger charge is -2.28. The highest BCUT2D eigenvalue weighted by atomic mass is 16.5. The van der Waals surface area contributed by atoms with Crippen molar-refractivity contribution in [2.24, 2.45) is 11.8 Å². The first-order chi connectivity index (χ1) is 13.5. The van der Waals surface area contributed by atoms with Crippen molar-refractivity contribution in [3.63, 3.8) is 0 Å². The average Bonchev–Trinajstić information content (AvgIpc) is 2.72. The SMILES string of the molecule is CCCCC(CC)CC(CC(CC)CCCC)c1cc(OC)c(O)c(OC)c1. The van der Waals surface area contributed by atoms with Gasteiger partial charge in [0, 0.05) is 0 Å². The average molecular weight is 393 g/mol. The van der Waals surface area contributed by atoms with E-state index in [4.69, 9.17) is 9.47 Å². The van der Waals surface area contributed by atoms with Crippen LogP contribution in [0.5, 0.6) is 17.2 Å². The molecule has 2 unspecified atom stereocenters. The summed E-state index contributed by atoms with van der Waals surface area (Å²) in [6.07, 6.45) is 12.6. The number of aromatic hydroxyl groups is 1. The molecule has 0 saturated carbocycles. The maximum atomic E-state index is 10.3. The highest BCUT2D eigenvalue weighted by Crippen LogP contribution is 2.43. The first-order valence-electron chi connectivity index (χ1n) is 11.5. The van der Waals surface area contributed by atoms with E-state index in [1.54, 1.807) is 14.2 Å². The Labute approximate surface area is 173 Å². The van der Waals surface area contributed by atoms with E-state index < -0.39 is 0 Å². The van der Waals surface area contributed by atoms with Crippen molar-refractivity contribution in [1.82, 2.24) is 0 Å². The van der Waals surface area contributed by atoms with Crippen molar-refractivity contribution in [3.8, 4) is 17.2 Å². The van der Waals surface area contributed by atoms with Crippen LogP contribution >= 0.6 is 0 Å². The second-order valence-electron chi connectivity index (χ2n) is 8.28. The van der Waals surface area contributed by atoms with E-state index >= 15 is 0 Å². The molecule has 0 aliphatic carbocycles. The zero-order chi connectivity index (χ0) is 20.9. The number of methoxy groups -OCH3 is 2. The number of ether oxygens (including phenoxy) is 2. The summed E-state index contributed by atoms with van der Waals surface area (Å²) in [7, 11) is 3.22. The van der Waals surface area contributed by atoms with Gasteiger partial charge in [0.1, 0.15) is 0 Å². The van der Waals surface area contributed by atoms with Crippen molar-refractivity contribution in [2.75, 3.05) is 14.2 Å². The molecule has 1 N–H and O–H groups in total. The molecule has 3 heteroatoms. The molecule has 0 bridgehead atoms. The molecule has 2 atom stereocenters. The number of phenolic OH excluding ortho intramolecular Hbond substituents is 1. The molecule has 0 aromatic heterocycles. The van der Waals surface area contributed by atoms with Gasteiger partial charge in [-0.2, -0.15) is 0 Å². The predicted molar refractivity (Wildman–Crippen MR) is 120 cm³/mol. The second-order valence-corrected chi connectivity index (χ2v) is 8.28. The Morgan fingerprint density at radius 3 is 1.54 bits per heavy atom. The first kappa shape index (κ1) is 24.7. The van der Waals surface area contributed by atoms with Crippen molar-refractivity contribution < 1.29 is 14.6 Å². The quantitative estimate of drug-likeness (QED) is 0.332. The Morgan fingerprint density at radius 1 is 0.786 bits per heavy atom. The molecule has 0 spiro atoms. The Morgan fingerprint density at radius 2 is 1.21 bits per heavy atom. The molecule has 0 aliphatic rings. The topological polar surface area (TPSA) is 38.7 Å². The third kappa shape index (κ3) is 7.56. The van der Waals surface area contributed by atoms with E-state index in [-0.39, 0.29) is 5.75 Å². The summed E-state index contributed by atoms with van der Waals surface area (Å²) in [5.41, 5.74) is 1.25. The molecule has 0 fully saturated rings. The van der Waals surface area contributed by atoms with E-state index in [0.29, 0.717) is 17.4 Å². The van der Waals surface area contributed by atoms with Crippen LogP contribution in [0.4, 0.5) is 0 Å². The normalized spacial score (nSPS) is 14.5. The van der Waals surface area contributed by atoms with Crippen molar-refractivity contribution in [1.29, 1.82) is 0 Å². The number of phenols is 1. The highest BCUT2D eigenvalue weighted by molar-refractivity contribution is 5.53. The van der Waals surface area contributed by atoms with Gasteiger partial charge in [0.15, 0.2) is 11.5 Å². The van der Waals surface area contributed by atoms with Gasteiger partial charge in [0.05, 0.1) is 14.2 Å². The van der Waals surface area contributed by atoms with Crippen LogP contribution in [-0.2, 0) is 0 Å². The van der Waals surface area contributed by atoms with Gasteiger partial charge in [-0.15, -0.1) is 0 Å². The van der Waals surface area contributed by atoms with Gasteiger partial charge >= 0.3 is 0 Å². The molecule has 162 valence electrons. The fourth-order valence-corrected chi connectivity index (χ4v) is 4.29. The minimum atomic E-state index is 0.101. The molecule has 1 aromatic carbocycles.